The van der Waals surface area contributed by atoms with Gasteiger partial charge in [-0.25, -0.2) is 0 Å². The van der Waals surface area contributed by atoms with Crippen LogP contribution in [-0.2, 0) is 6.42 Å². The molecule has 19 heavy (non-hydrogen) atoms. The van der Waals surface area contributed by atoms with Gasteiger partial charge >= 0.3 is 0 Å². The van der Waals surface area contributed by atoms with Crippen molar-refractivity contribution in [3.05, 3.63) is 59.2 Å². The monoisotopic (exact) mass is 275 g/mol. The number of fused-ring (bicyclic) bond motifs is 3. The van der Waals surface area contributed by atoms with Gasteiger partial charge in [-0.05, 0) is 40.7 Å². The second-order valence-corrected chi connectivity index (χ2v) is 4.87. The molecule has 2 aromatic rings. The van der Waals surface area contributed by atoms with Crippen LogP contribution in [0.2, 0.25) is 0 Å². The predicted molar refractivity (Wildman–Crippen MR) is 80.6 cm³/mol. The van der Waals surface area contributed by atoms with Crippen LogP contribution in [0.3, 0.4) is 0 Å². The molecule has 0 heterocycles. The van der Waals surface area contributed by atoms with Gasteiger partial charge in [0.25, 0.3) is 0 Å². The molecule has 0 aliphatic heterocycles. The fourth-order valence-corrected chi connectivity index (χ4v) is 2.70. The van der Waals surface area contributed by atoms with Gasteiger partial charge in [0.15, 0.2) is 0 Å². The predicted octanol–water partition coefficient (Wildman–Crippen LogP) is 3.06. The summed E-state index contributed by atoms with van der Waals surface area (Å²) >= 11 is 0. The van der Waals surface area contributed by atoms with E-state index in [2.05, 4.69) is 42.5 Å². The highest BCUT2D eigenvalue weighted by atomic mass is 35.5. The van der Waals surface area contributed by atoms with Crippen molar-refractivity contribution < 1.29 is 5.11 Å². The van der Waals surface area contributed by atoms with Gasteiger partial charge in [0.05, 0.1) is 0 Å². The topological polar surface area (TPSA) is 46.2 Å². The molecule has 0 bridgehead atoms. The first-order chi connectivity index (χ1) is 8.79. The minimum Gasteiger partial charge on any atom is -0.396 e. The second kappa shape index (κ2) is 5.74. The normalized spacial score (nSPS) is 13.4. The lowest BCUT2D eigenvalue weighted by Gasteiger charge is -2.12. The van der Waals surface area contributed by atoms with Gasteiger partial charge in [0.2, 0.25) is 0 Å². The highest BCUT2D eigenvalue weighted by Gasteiger charge is 2.18. The Morgan fingerprint density at radius 3 is 2.58 bits per heavy atom. The molecule has 0 fully saturated rings. The Balaban J connectivity index is 0.00000133. The zero-order valence-corrected chi connectivity index (χ0v) is 11.5. The largest absolute Gasteiger partial charge is 0.396 e. The summed E-state index contributed by atoms with van der Waals surface area (Å²) in [5, 5.41) is 8.95. The van der Waals surface area contributed by atoms with Crippen molar-refractivity contribution in [1.82, 2.24) is 0 Å². The summed E-state index contributed by atoms with van der Waals surface area (Å²) in [4.78, 5) is 0. The summed E-state index contributed by atoms with van der Waals surface area (Å²) in [7, 11) is 0. The summed E-state index contributed by atoms with van der Waals surface area (Å²) in [6.45, 7) is 0.137. The Morgan fingerprint density at radius 2 is 1.79 bits per heavy atom. The van der Waals surface area contributed by atoms with Gasteiger partial charge in [0, 0.05) is 12.6 Å². The lowest BCUT2D eigenvalue weighted by molar-refractivity contribution is 0.276. The van der Waals surface area contributed by atoms with Gasteiger partial charge in [0.1, 0.15) is 0 Å². The number of aliphatic hydroxyl groups excluding tert-OH is 1. The van der Waals surface area contributed by atoms with Crippen LogP contribution in [0, 0.1) is 0 Å². The maximum absolute atomic E-state index is 8.95. The molecule has 100 valence electrons. The third-order valence-electron chi connectivity index (χ3n) is 3.69. The highest BCUT2D eigenvalue weighted by molar-refractivity contribution is 5.85. The van der Waals surface area contributed by atoms with Crippen molar-refractivity contribution >= 4 is 12.4 Å². The first-order valence-electron chi connectivity index (χ1n) is 6.37. The molecule has 0 radical (unpaired) electrons. The third-order valence-corrected chi connectivity index (χ3v) is 3.69. The zero-order chi connectivity index (χ0) is 12.5. The van der Waals surface area contributed by atoms with Crippen molar-refractivity contribution in [2.75, 3.05) is 6.61 Å². The summed E-state index contributed by atoms with van der Waals surface area (Å²) in [6, 6.07) is 14.9. The van der Waals surface area contributed by atoms with Crippen LogP contribution in [0.25, 0.3) is 11.1 Å². The minimum absolute atomic E-state index is 0. The van der Waals surface area contributed by atoms with Crippen molar-refractivity contribution in [2.24, 2.45) is 5.73 Å². The van der Waals surface area contributed by atoms with Crippen molar-refractivity contribution in [2.45, 2.75) is 18.9 Å². The SMILES string of the molecule is Cl.N[C@@H](CCO)c1ccc2c(c1)Cc1ccccc1-2. The Labute approximate surface area is 119 Å². The summed E-state index contributed by atoms with van der Waals surface area (Å²) < 4.78 is 0. The summed E-state index contributed by atoms with van der Waals surface area (Å²) in [5.74, 6) is 0. The lowest BCUT2D eigenvalue weighted by Crippen LogP contribution is -2.12. The minimum atomic E-state index is -0.0657. The fourth-order valence-electron chi connectivity index (χ4n) is 2.70. The fraction of sp³-hybridized carbons (Fsp3) is 0.250. The van der Waals surface area contributed by atoms with Gasteiger partial charge in [-0.15, -0.1) is 12.4 Å². The van der Waals surface area contributed by atoms with E-state index in [1.54, 1.807) is 0 Å². The Hall–Kier alpha value is -1.35. The van der Waals surface area contributed by atoms with Crippen molar-refractivity contribution in [3.63, 3.8) is 0 Å². The lowest BCUT2D eigenvalue weighted by atomic mass is 9.98. The molecular weight excluding hydrogens is 258 g/mol. The van der Waals surface area contributed by atoms with Gasteiger partial charge in [-0.1, -0.05) is 42.5 Å². The van der Waals surface area contributed by atoms with E-state index in [4.69, 9.17) is 10.8 Å². The first kappa shape index (κ1) is 14.1. The summed E-state index contributed by atoms with van der Waals surface area (Å²) in [6.07, 6.45) is 1.61. The number of hydrogen-bond acceptors (Lipinski definition) is 2. The average molecular weight is 276 g/mol. The Bertz CT molecular complexity index is 583. The molecule has 2 nitrogen and oxygen atoms in total. The van der Waals surface area contributed by atoms with E-state index in [0.717, 1.165) is 12.0 Å². The number of aliphatic hydroxyl groups is 1. The number of hydrogen-bond donors (Lipinski definition) is 2. The highest BCUT2D eigenvalue weighted by Crippen LogP contribution is 2.37. The third kappa shape index (κ3) is 2.52. The Morgan fingerprint density at radius 1 is 1.05 bits per heavy atom. The molecule has 0 amide bonds. The van der Waals surface area contributed by atoms with Crippen LogP contribution in [0.5, 0.6) is 0 Å². The molecule has 3 heteroatoms. The van der Waals surface area contributed by atoms with E-state index in [9.17, 15) is 0 Å². The summed E-state index contributed by atoms with van der Waals surface area (Å²) in [5.41, 5.74) is 12.6. The van der Waals surface area contributed by atoms with E-state index in [0.29, 0.717) is 6.42 Å². The van der Waals surface area contributed by atoms with E-state index in [1.165, 1.54) is 22.3 Å². The smallest absolute Gasteiger partial charge is 0.0449 e. The second-order valence-electron chi connectivity index (χ2n) is 4.87. The maximum Gasteiger partial charge on any atom is 0.0449 e. The van der Waals surface area contributed by atoms with Crippen LogP contribution in [0.4, 0.5) is 0 Å². The molecule has 1 atom stereocenters. The molecule has 0 unspecified atom stereocenters. The van der Waals surface area contributed by atoms with Gasteiger partial charge in [-0.3, -0.25) is 0 Å². The molecule has 2 aromatic carbocycles. The van der Waals surface area contributed by atoms with E-state index in [1.807, 2.05) is 0 Å². The van der Waals surface area contributed by atoms with Crippen LogP contribution in [0.15, 0.2) is 42.5 Å². The van der Waals surface area contributed by atoms with E-state index in [-0.39, 0.29) is 25.1 Å². The number of benzene rings is 2. The molecule has 3 rings (SSSR count). The van der Waals surface area contributed by atoms with Gasteiger partial charge in [-0.2, -0.15) is 0 Å². The van der Waals surface area contributed by atoms with Crippen molar-refractivity contribution in [3.8, 4) is 11.1 Å². The average Bonchev–Trinajstić information content (AvgIpc) is 2.76. The molecular formula is C16H18ClNO. The van der Waals surface area contributed by atoms with Crippen LogP contribution < -0.4 is 5.73 Å². The molecule has 0 saturated carbocycles. The molecule has 0 aromatic heterocycles. The molecule has 1 aliphatic carbocycles. The van der Waals surface area contributed by atoms with Crippen molar-refractivity contribution in [1.29, 1.82) is 0 Å². The van der Waals surface area contributed by atoms with E-state index >= 15 is 0 Å². The molecule has 0 spiro atoms. The maximum atomic E-state index is 8.95. The van der Waals surface area contributed by atoms with Crippen LogP contribution >= 0.6 is 12.4 Å². The number of nitrogens with two attached hydrogens (primary N) is 1. The molecule has 0 saturated heterocycles. The molecule has 3 N–H and O–H groups in total. The van der Waals surface area contributed by atoms with Gasteiger partial charge < -0.3 is 10.8 Å². The standard InChI is InChI=1S/C16H17NO.ClH/c17-16(7-8-18)12-5-6-15-13(10-12)9-11-3-1-2-4-14(11)15;/h1-6,10,16,18H,7-9,17H2;1H/t16-;/m0./s1. The number of halogens is 1. The Kier molecular flexibility index (Phi) is 4.25. The number of rotatable bonds is 3. The van der Waals surface area contributed by atoms with Crippen LogP contribution in [0.1, 0.15) is 29.2 Å². The zero-order valence-electron chi connectivity index (χ0n) is 10.7. The first-order valence-corrected chi connectivity index (χ1v) is 6.37. The molecule has 1 aliphatic rings. The van der Waals surface area contributed by atoms with E-state index < -0.39 is 0 Å². The quantitative estimate of drug-likeness (QED) is 0.772. The van der Waals surface area contributed by atoms with Crippen LogP contribution in [-0.4, -0.2) is 11.7 Å².